The van der Waals surface area contributed by atoms with E-state index >= 15 is 0 Å². The summed E-state index contributed by atoms with van der Waals surface area (Å²) in [6.45, 7) is 0.818. The normalized spacial score (nSPS) is 22.8. The van der Waals surface area contributed by atoms with Gasteiger partial charge >= 0.3 is 0 Å². The zero-order valence-corrected chi connectivity index (χ0v) is 10.7. The number of pyridine rings is 1. The van der Waals surface area contributed by atoms with Gasteiger partial charge in [0, 0.05) is 18.1 Å². The van der Waals surface area contributed by atoms with E-state index in [2.05, 4.69) is 10.3 Å². The summed E-state index contributed by atoms with van der Waals surface area (Å²) in [6, 6.07) is 7.23. The average Bonchev–Trinajstić information content (AvgIpc) is 2.82. The van der Waals surface area contributed by atoms with Gasteiger partial charge < -0.3 is 15.5 Å². The van der Waals surface area contributed by atoms with Gasteiger partial charge in [-0.3, -0.25) is 0 Å². The second-order valence-electron chi connectivity index (χ2n) is 5.28. The molecule has 0 bridgehead atoms. The fraction of sp³-hybridized carbons (Fsp3) is 0.400. The van der Waals surface area contributed by atoms with Crippen LogP contribution in [0, 0.1) is 5.92 Å². The van der Waals surface area contributed by atoms with Crippen LogP contribution < -0.4 is 5.32 Å². The SMILES string of the molecule is Oc1ccc2ccnc(NCC3CCC(O)C3)c2c1. The van der Waals surface area contributed by atoms with Gasteiger partial charge in [-0.05, 0) is 48.8 Å². The maximum atomic E-state index is 9.58. The van der Waals surface area contributed by atoms with Gasteiger partial charge in [-0.25, -0.2) is 4.98 Å². The van der Waals surface area contributed by atoms with Gasteiger partial charge in [0.25, 0.3) is 0 Å². The number of hydrogen-bond donors (Lipinski definition) is 3. The molecule has 0 saturated heterocycles. The van der Waals surface area contributed by atoms with Crippen LogP contribution in [-0.2, 0) is 0 Å². The van der Waals surface area contributed by atoms with Crippen LogP contribution in [0.5, 0.6) is 5.75 Å². The number of anilines is 1. The van der Waals surface area contributed by atoms with Gasteiger partial charge in [0.2, 0.25) is 0 Å². The smallest absolute Gasteiger partial charge is 0.133 e. The molecule has 2 atom stereocenters. The highest BCUT2D eigenvalue weighted by Crippen LogP contribution is 2.28. The van der Waals surface area contributed by atoms with Gasteiger partial charge in [-0.1, -0.05) is 6.07 Å². The van der Waals surface area contributed by atoms with E-state index in [9.17, 15) is 10.2 Å². The van der Waals surface area contributed by atoms with Crippen molar-refractivity contribution in [2.75, 3.05) is 11.9 Å². The largest absolute Gasteiger partial charge is 0.508 e. The van der Waals surface area contributed by atoms with Crippen LogP contribution in [0.15, 0.2) is 30.5 Å². The van der Waals surface area contributed by atoms with Gasteiger partial charge in [0.05, 0.1) is 6.10 Å². The molecule has 3 rings (SSSR count). The first-order valence-corrected chi connectivity index (χ1v) is 6.72. The quantitative estimate of drug-likeness (QED) is 0.791. The van der Waals surface area contributed by atoms with E-state index in [4.69, 9.17) is 0 Å². The van der Waals surface area contributed by atoms with Crippen molar-refractivity contribution in [3.63, 3.8) is 0 Å². The van der Waals surface area contributed by atoms with Crippen molar-refractivity contribution in [1.82, 2.24) is 4.98 Å². The number of rotatable bonds is 3. The lowest BCUT2D eigenvalue weighted by Gasteiger charge is -2.13. The number of nitrogens with zero attached hydrogens (tertiary/aromatic N) is 1. The van der Waals surface area contributed by atoms with Crippen LogP contribution in [0.4, 0.5) is 5.82 Å². The van der Waals surface area contributed by atoms with Crippen molar-refractivity contribution in [3.05, 3.63) is 30.5 Å². The fourth-order valence-electron chi connectivity index (χ4n) is 2.77. The molecular formula is C15H18N2O2. The lowest BCUT2D eigenvalue weighted by molar-refractivity contribution is 0.178. The van der Waals surface area contributed by atoms with Gasteiger partial charge in [0.1, 0.15) is 11.6 Å². The van der Waals surface area contributed by atoms with Crippen LogP contribution in [0.25, 0.3) is 10.8 Å². The topological polar surface area (TPSA) is 65.4 Å². The molecule has 1 aliphatic carbocycles. The number of aromatic nitrogens is 1. The molecule has 1 aromatic carbocycles. The molecule has 0 amide bonds. The number of benzene rings is 1. The Labute approximate surface area is 112 Å². The van der Waals surface area contributed by atoms with Gasteiger partial charge in [-0.15, -0.1) is 0 Å². The van der Waals surface area contributed by atoms with Crippen LogP contribution in [-0.4, -0.2) is 27.8 Å². The molecule has 19 heavy (non-hydrogen) atoms. The minimum absolute atomic E-state index is 0.142. The number of aliphatic hydroxyl groups is 1. The third kappa shape index (κ3) is 2.63. The zero-order chi connectivity index (χ0) is 13.2. The molecule has 100 valence electrons. The lowest BCUT2D eigenvalue weighted by Crippen LogP contribution is -2.13. The monoisotopic (exact) mass is 258 g/mol. The first-order valence-electron chi connectivity index (χ1n) is 6.72. The Hall–Kier alpha value is -1.81. The van der Waals surface area contributed by atoms with Crippen LogP contribution in [0.3, 0.4) is 0 Å². The summed E-state index contributed by atoms with van der Waals surface area (Å²) in [7, 11) is 0. The minimum atomic E-state index is -0.142. The number of nitrogens with one attached hydrogen (secondary N) is 1. The summed E-state index contributed by atoms with van der Waals surface area (Å²) < 4.78 is 0. The Balaban J connectivity index is 1.78. The molecule has 4 nitrogen and oxygen atoms in total. The Morgan fingerprint density at radius 2 is 2.16 bits per heavy atom. The van der Waals surface area contributed by atoms with E-state index in [0.717, 1.165) is 42.4 Å². The second kappa shape index (κ2) is 5.05. The van der Waals surface area contributed by atoms with Gasteiger partial charge in [-0.2, -0.15) is 0 Å². The van der Waals surface area contributed by atoms with Crippen LogP contribution in [0.1, 0.15) is 19.3 Å². The van der Waals surface area contributed by atoms with E-state index < -0.39 is 0 Å². The summed E-state index contributed by atoms with van der Waals surface area (Å²) in [4.78, 5) is 4.34. The van der Waals surface area contributed by atoms with E-state index in [-0.39, 0.29) is 11.9 Å². The standard InChI is InChI=1S/C15H18N2O2/c18-12-3-1-10(7-12)9-17-15-14-8-13(19)4-2-11(14)5-6-16-15/h2,4-6,8,10,12,18-19H,1,3,7,9H2,(H,16,17). The first-order chi connectivity index (χ1) is 9.22. The number of fused-ring (bicyclic) bond motifs is 1. The van der Waals surface area contributed by atoms with Crippen molar-refractivity contribution in [1.29, 1.82) is 0 Å². The maximum absolute atomic E-state index is 9.58. The van der Waals surface area contributed by atoms with E-state index in [1.165, 1.54) is 0 Å². The Morgan fingerprint density at radius 3 is 2.95 bits per heavy atom. The summed E-state index contributed by atoms with van der Waals surface area (Å²) in [5, 5.41) is 24.4. The number of hydrogen-bond acceptors (Lipinski definition) is 4. The zero-order valence-electron chi connectivity index (χ0n) is 10.7. The van der Waals surface area contributed by atoms with Crippen molar-refractivity contribution in [2.45, 2.75) is 25.4 Å². The molecule has 1 fully saturated rings. The predicted octanol–water partition coefficient (Wildman–Crippen LogP) is 2.51. The Morgan fingerprint density at radius 1 is 1.26 bits per heavy atom. The first kappa shape index (κ1) is 12.2. The number of phenolic OH excluding ortho intramolecular Hbond substituents is 1. The summed E-state index contributed by atoms with van der Waals surface area (Å²) in [5.41, 5.74) is 0. The van der Waals surface area contributed by atoms with E-state index in [0.29, 0.717) is 5.92 Å². The molecule has 2 unspecified atom stereocenters. The Bertz CT molecular complexity index is 585. The highest BCUT2D eigenvalue weighted by Gasteiger charge is 2.22. The summed E-state index contributed by atoms with van der Waals surface area (Å²) in [6.07, 6.45) is 4.45. The van der Waals surface area contributed by atoms with E-state index in [1.54, 1.807) is 18.3 Å². The second-order valence-corrected chi connectivity index (χ2v) is 5.28. The van der Waals surface area contributed by atoms with Crippen molar-refractivity contribution >= 4 is 16.6 Å². The molecule has 4 heteroatoms. The van der Waals surface area contributed by atoms with Crippen molar-refractivity contribution in [2.24, 2.45) is 5.92 Å². The van der Waals surface area contributed by atoms with Crippen molar-refractivity contribution in [3.8, 4) is 5.75 Å². The summed E-state index contributed by atoms with van der Waals surface area (Å²) in [5.74, 6) is 1.55. The molecule has 3 N–H and O–H groups in total. The molecule has 0 spiro atoms. The van der Waals surface area contributed by atoms with Gasteiger partial charge in [0.15, 0.2) is 0 Å². The average molecular weight is 258 g/mol. The summed E-state index contributed by atoms with van der Waals surface area (Å²) >= 11 is 0. The molecule has 2 aromatic rings. The highest BCUT2D eigenvalue weighted by molar-refractivity contribution is 5.92. The Kier molecular flexibility index (Phi) is 3.25. The highest BCUT2D eigenvalue weighted by atomic mass is 16.3. The number of phenols is 1. The molecule has 1 saturated carbocycles. The maximum Gasteiger partial charge on any atom is 0.133 e. The molecule has 1 heterocycles. The molecule has 1 aromatic heterocycles. The molecule has 1 aliphatic rings. The third-order valence-electron chi connectivity index (χ3n) is 3.82. The number of aromatic hydroxyl groups is 1. The van der Waals surface area contributed by atoms with E-state index in [1.807, 2.05) is 12.1 Å². The lowest BCUT2D eigenvalue weighted by atomic mass is 10.1. The predicted molar refractivity (Wildman–Crippen MR) is 75.2 cm³/mol. The number of aliphatic hydroxyl groups excluding tert-OH is 1. The fourth-order valence-corrected chi connectivity index (χ4v) is 2.77. The van der Waals surface area contributed by atoms with Crippen LogP contribution in [0.2, 0.25) is 0 Å². The van der Waals surface area contributed by atoms with Crippen LogP contribution >= 0.6 is 0 Å². The molecule has 0 aliphatic heterocycles. The third-order valence-corrected chi connectivity index (χ3v) is 3.82. The molecular weight excluding hydrogens is 240 g/mol. The minimum Gasteiger partial charge on any atom is -0.508 e. The van der Waals surface area contributed by atoms with Crippen molar-refractivity contribution < 1.29 is 10.2 Å². The molecule has 0 radical (unpaired) electrons.